The predicted octanol–water partition coefficient (Wildman–Crippen LogP) is 9.30. The van der Waals surface area contributed by atoms with Gasteiger partial charge in [0.05, 0.1) is 0 Å². The normalized spacial score (nSPS) is 13.8. The zero-order valence-corrected chi connectivity index (χ0v) is 22.4. The van der Waals surface area contributed by atoms with E-state index >= 15 is 26.3 Å². The maximum absolute atomic E-state index is 15.1. The van der Waals surface area contributed by atoms with Crippen molar-refractivity contribution in [3.05, 3.63) is 63.7 Å². The van der Waals surface area contributed by atoms with Crippen LogP contribution in [0.15, 0.2) is 30.3 Å². The average Bonchev–Trinajstić information content (AvgIpc) is 2.77. The lowest BCUT2D eigenvalue weighted by Crippen LogP contribution is -2.55. The van der Waals surface area contributed by atoms with Crippen LogP contribution in [-0.4, -0.2) is 17.5 Å². The Labute approximate surface area is 210 Å². The van der Waals surface area contributed by atoms with Gasteiger partial charge in [0.25, 0.3) is 0 Å². The van der Waals surface area contributed by atoms with Crippen LogP contribution in [0.3, 0.4) is 0 Å². The standard InChI is InChI=1S/C29H38F6O/c1-9-18-13-20(25(5,6)11-3)16-21(14-18)27(28(30,31)32,29(33,34)35)22-15-19(10-2)24(36)23(17-22)26(7,8)12-4/h13-17,36H,9-12H2,1-8H3. The second-order valence-corrected chi connectivity index (χ2v) is 10.9. The predicted molar refractivity (Wildman–Crippen MR) is 133 cm³/mol. The highest BCUT2D eigenvalue weighted by Gasteiger charge is 2.72. The zero-order chi connectivity index (χ0) is 27.9. The van der Waals surface area contributed by atoms with Gasteiger partial charge in [-0.05, 0) is 70.4 Å². The maximum atomic E-state index is 15.1. The van der Waals surface area contributed by atoms with E-state index in [4.69, 9.17) is 0 Å². The third-order valence-electron chi connectivity index (χ3n) is 7.97. The lowest BCUT2D eigenvalue weighted by atomic mass is 9.68. The molecule has 0 bridgehead atoms. The maximum Gasteiger partial charge on any atom is 0.411 e. The van der Waals surface area contributed by atoms with Crippen molar-refractivity contribution in [1.29, 1.82) is 0 Å². The molecule has 36 heavy (non-hydrogen) atoms. The van der Waals surface area contributed by atoms with Gasteiger partial charge in [0.1, 0.15) is 5.75 Å². The molecule has 0 aromatic heterocycles. The van der Waals surface area contributed by atoms with Crippen molar-refractivity contribution in [3.63, 3.8) is 0 Å². The van der Waals surface area contributed by atoms with Gasteiger partial charge in [-0.3, -0.25) is 0 Å². The number of alkyl halides is 6. The highest BCUT2D eigenvalue weighted by atomic mass is 19.4. The summed E-state index contributed by atoms with van der Waals surface area (Å²) in [6, 6.07) is 5.62. The molecular weight excluding hydrogens is 478 g/mol. The second-order valence-electron chi connectivity index (χ2n) is 10.9. The van der Waals surface area contributed by atoms with E-state index in [0.29, 0.717) is 24.0 Å². The van der Waals surface area contributed by atoms with Crippen LogP contribution in [0, 0.1) is 0 Å². The number of aromatic hydroxyl groups is 1. The van der Waals surface area contributed by atoms with E-state index in [1.165, 1.54) is 0 Å². The topological polar surface area (TPSA) is 20.2 Å². The minimum Gasteiger partial charge on any atom is -0.507 e. The molecule has 2 rings (SSSR count). The summed E-state index contributed by atoms with van der Waals surface area (Å²) in [6.45, 7) is 14.0. The van der Waals surface area contributed by atoms with Crippen LogP contribution in [0.2, 0.25) is 0 Å². The molecule has 0 fully saturated rings. The average molecular weight is 517 g/mol. The molecule has 0 aliphatic heterocycles. The molecule has 0 saturated heterocycles. The Morgan fingerprint density at radius 1 is 0.611 bits per heavy atom. The Morgan fingerprint density at radius 3 is 1.50 bits per heavy atom. The number of hydrogen-bond acceptors (Lipinski definition) is 1. The molecule has 0 amide bonds. The van der Waals surface area contributed by atoms with Crippen molar-refractivity contribution < 1.29 is 31.4 Å². The fourth-order valence-corrected chi connectivity index (χ4v) is 4.58. The number of hydrogen-bond donors (Lipinski definition) is 1. The van der Waals surface area contributed by atoms with Crippen LogP contribution in [0.1, 0.15) is 102 Å². The molecule has 0 unspecified atom stereocenters. The van der Waals surface area contributed by atoms with E-state index in [2.05, 4.69) is 0 Å². The van der Waals surface area contributed by atoms with Crippen LogP contribution in [0.5, 0.6) is 5.75 Å². The third-order valence-corrected chi connectivity index (χ3v) is 7.97. The Hall–Kier alpha value is -2.18. The fourth-order valence-electron chi connectivity index (χ4n) is 4.58. The summed E-state index contributed by atoms with van der Waals surface area (Å²) >= 11 is 0. The molecule has 0 atom stereocenters. The van der Waals surface area contributed by atoms with E-state index in [-0.39, 0.29) is 29.7 Å². The molecule has 1 N–H and O–H groups in total. The molecule has 7 heteroatoms. The summed E-state index contributed by atoms with van der Waals surface area (Å²) in [7, 11) is 0. The number of phenols is 1. The lowest BCUT2D eigenvalue weighted by molar-refractivity contribution is -0.288. The highest BCUT2D eigenvalue weighted by molar-refractivity contribution is 5.55. The molecule has 0 aliphatic carbocycles. The SMILES string of the molecule is CCc1cc(C(C)(C)CC)cc(C(c2cc(CC)c(O)c(C(C)(C)CC)c2)(C(F)(F)F)C(F)(F)F)c1. The summed E-state index contributed by atoms with van der Waals surface area (Å²) in [6.07, 6.45) is -10.1. The van der Waals surface area contributed by atoms with E-state index < -0.39 is 39.7 Å². The van der Waals surface area contributed by atoms with Gasteiger partial charge in [-0.2, -0.15) is 26.3 Å². The van der Waals surface area contributed by atoms with Gasteiger partial charge >= 0.3 is 12.4 Å². The van der Waals surface area contributed by atoms with E-state index in [9.17, 15) is 5.11 Å². The summed E-state index contributed by atoms with van der Waals surface area (Å²) in [5, 5.41) is 10.8. The van der Waals surface area contributed by atoms with Crippen molar-refractivity contribution in [1.82, 2.24) is 0 Å². The largest absolute Gasteiger partial charge is 0.507 e. The van der Waals surface area contributed by atoms with Gasteiger partial charge < -0.3 is 5.11 Å². The zero-order valence-electron chi connectivity index (χ0n) is 22.4. The first kappa shape index (κ1) is 30.0. The van der Waals surface area contributed by atoms with Crippen molar-refractivity contribution in [3.8, 4) is 5.75 Å². The van der Waals surface area contributed by atoms with Gasteiger partial charge in [0.15, 0.2) is 0 Å². The minimum absolute atomic E-state index is 0.0580. The highest BCUT2D eigenvalue weighted by Crippen LogP contribution is 2.58. The molecule has 0 saturated carbocycles. The fraction of sp³-hybridized carbons (Fsp3) is 0.586. The molecule has 0 radical (unpaired) electrons. The smallest absolute Gasteiger partial charge is 0.411 e. The van der Waals surface area contributed by atoms with Crippen LogP contribution >= 0.6 is 0 Å². The lowest BCUT2D eigenvalue weighted by Gasteiger charge is -2.40. The second kappa shape index (κ2) is 9.94. The van der Waals surface area contributed by atoms with Crippen LogP contribution in [-0.2, 0) is 29.1 Å². The van der Waals surface area contributed by atoms with Gasteiger partial charge in [0.2, 0.25) is 5.41 Å². The molecular formula is C29H38F6O. The van der Waals surface area contributed by atoms with Crippen LogP contribution in [0.25, 0.3) is 0 Å². The van der Waals surface area contributed by atoms with Gasteiger partial charge in [-0.25, -0.2) is 0 Å². The Kier molecular flexibility index (Phi) is 8.30. The quantitative estimate of drug-likeness (QED) is 0.347. The summed E-state index contributed by atoms with van der Waals surface area (Å²) in [5.41, 5.74) is -6.50. The summed E-state index contributed by atoms with van der Waals surface area (Å²) < 4.78 is 90.3. The minimum atomic E-state index is -5.69. The van der Waals surface area contributed by atoms with Gasteiger partial charge in [-0.15, -0.1) is 0 Å². The monoisotopic (exact) mass is 516 g/mol. The van der Waals surface area contributed by atoms with Gasteiger partial charge in [0, 0.05) is 5.56 Å². The first-order chi connectivity index (χ1) is 16.3. The van der Waals surface area contributed by atoms with E-state index in [0.717, 1.165) is 24.3 Å². The number of benzene rings is 2. The van der Waals surface area contributed by atoms with Gasteiger partial charge in [-0.1, -0.05) is 79.7 Å². The molecule has 0 spiro atoms. The van der Waals surface area contributed by atoms with Crippen molar-refractivity contribution in [2.75, 3.05) is 0 Å². The first-order valence-electron chi connectivity index (χ1n) is 12.5. The Balaban J connectivity index is 3.20. The van der Waals surface area contributed by atoms with E-state index in [1.54, 1.807) is 40.7 Å². The molecule has 0 aliphatic rings. The van der Waals surface area contributed by atoms with Crippen molar-refractivity contribution >= 4 is 0 Å². The molecule has 0 heterocycles. The summed E-state index contributed by atoms with van der Waals surface area (Å²) in [4.78, 5) is 0. The Morgan fingerprint density at radius 2 is 1.08 bits per heavy atom. The number of phenolic OH excluding ortho intramolecular Hbond substituents is 1. The molecule has 1 nitrogen and oxygen atoms in total. The van der Waals surface area contributed by atoms with E-state index in [1.807, 2.05) is 20.8 Å². The molecule has 2 aromatic carbocycles. The molecule has 2 aromatic rings. The van der Waals surface area contributed by atoms with Crippen molar-refractivity contribution in [2.24, 2.45) is 0 Å². The Bertz CT molecular complexity index is 1060. The number of aryl methyl sites for hydroxylation is 2. The first-order valence-corrected chi connectivity index (χ1v) is 12.5. The third kappa shape index (κ3) is 4.99. The number of halogens is 6. The molecule has 202 valence electrons. The van der Waals surface area contributed by atoms with Crippen LogP contribution in [0.4, 0.5) is 26.3 Å². The number of rotatable bonds is 8. The summed E-state index contributed by atoms with van der Waals surface area (Å²) in [5.74, 6) is -0.249. The van der Waals surface area contributed by atoms with Crippen molar-refractivity contribution in [2.45, 2.75) is 110 Å². The van der Waals surface area contributed by atoms with Crippen LogP contribution < -0.4 is 0 Å².